The number of quaternary nitrogens is 1. The molecule has 0 bridgehead atoms. The van der Waals surface area contributed by atoms with Gasteiger partial charge in [0.1, 0.15) is 13.2 Å². The van der Waals surface area contributed by atoms with Gasteiger partial charge in [0.05, 0.1) is 39.9 Å². The van der Waals surface area contributed by atoms with Crippen LogP contribution in [0.15, 0.2) is 12.2 Å². The van der Waals surface area contributed by atoms with Gasteiger partial charge in [-0.25, -0.2) is 4.57 Å². The Bertz CT molecular complexity index is 804. The first-order valence-electron chi connectivity index (χ1n) is 20.1. The first-order valence-corrected chi connectivity index (χ1v) is 21.6. The van der Waals surface area contributed by atoms with Crippen molar-refractivity contribution in [2.24, 2.45) is 0 Å². The minimum absolute atomic E-state index is 0.0643. The van der Waals surface area contributed by atoms with Crippen molar-refractivity contribution < 1.29 is 32.9 Å². The lowest BCUT2D eigenvalue weighted by Gasteiger charge is -2.25. The van der Waals surface area contributed by atoms with Crippen LogP contribution in [0.3, 0.4) is 0 Å². The van der Waals surface area contributed by atoms with Crippen molar-refractivity contribution in [2.75, 3.05) is 40.9 Å². The van der Waals surface area contributed by atoms with Gasteiger partial charge in [-0.05, 0) is 19.3 Å². The number of phosphoric ester groups is 1. The Kier molecular flexibility index (Phi) is 31.7. The second-order valence-corrected chi connectivity index (χ2v) is 16.5. The number of aliphatic hydroxyl groups is 1. The second kappa shape index (κ2) is 32.2. The lowest BCUT2D eigenvalue weighted by molar-refractivity contribution is -0.870. The molecule has 0 heterocycles. The monoisotopic (exact) mass is 704 g/mol. The quantitative estimate of drug-likeness (QED) is 0.0260. The molecule has 48 heavy (non-hydrogen) atoms. The fraction of sp³-hybridized carbons (Fsp3) is 0.923. The smallest absolute Gasteiger partial charge is 0.387 e. The van der Waals surface area contributed by atoms with E-state index in [1.165, 1.54) is 122 Å². The summed E-state index contributed by atoms with van der Waals surface area (Å²) < 4.78 is 23.5. The van der Waals surface area contributed by atoms with Crippen LogP contribution in [0.2, 0.25) is 0 Å². The maximum atomic E-state index is 12.8. The molecule has 0 aliphatic rings. The zero-order valence-corrected chi connectivity index (χ0v) is 33.1. The first-order chi connectivity index (χ1) is 23.0. The van der Waals surface area contributed by atoms with Crippen LogP contribution < -0.4 is 5.32 Å². The molecule has 0 radical (unpaired) electrons. The minimum Gasteiger partial charge on any atom is -0.387 e. The van der Waals surface area contributed by atoms with Crippen LogP contribution in [-0.4, -0.2) is 73.4 Å². The van der Waals surface area contributed by atoms with Gasteiger partial charge in [0.25, 0.3) is 0 Å². The maximum absolute atomic E-state index is 12.8. The normalized spacial score (nSPS) is 14.7. The summed E-state index contributed by atoms with van der Waals surface area (Å²) >= 11 is 0. The van der Waals surface area contributed by atoms with Crippen LogP contribution in [-0.2, 0) is 18.4 Å². The zero-order valence-electron chi connectivity index (χ0n) is 32.2. The molecular weight excluding hydrogens is 623 g/mol. The average molecular weight is 704 g/mol. The van der Waals surface area contributed by atoms with Gasteiger partial charge in [-0.1, -0.05) is 167 Å². The Balaban J connectivity index is 4.50. The van der Waals surface area contributed by atoms with Crippen molar-refractivity contribution in [3.63, 3.8) is 0 Å². The van der Waals surface area contributed by atoms with E-state index in [1.807, 2.05) is 27.2 Å². The summed E-state index contributed by atoms with van der Waals surface area (Å²) in [5.41, 5.74) is 0. The molecule has 286 valence electrons. The largest absolute Gasteiger partial charge is 0.472 e. The first kappa shape index (κ1) is 47.2. The van der Waals surface area contributed by atoms with Crippen molar-refractivity contribution in [1.29, 1.82) is 0 Å². The van der Waals surface area contributed by atoms with Gasteiger partial charge in [0.15, 0.2) is 0 Å². The summed E-state index contributed by atoms with van der Waals surface area (Å²) in [5, 5.41) is 13.8. The van der Waals surface area contributed by atoms with Gasteiger partial charge >= 0.3 is 7.82 Å². The fourth-order valence-electron chi connectivity index (χ4n) is 5.75. The summed E-state index contributed by atoms with van der Waals surface area (Å²) in [5.74, 6) is -0.178. The molecule has 0 saturated carbocycles. The Hall–Kier alpha value is -0.760. The van der Waals surface area contributed by atoms with Gasteiger partial charge in [-0.2, -0.15) is 0 Å². The van der Waals surface area contributed by atoms with Crippen molar-refractivity contribution in [2.45, 2.75) is 193 Å². The average Bonchev–Trinajstić information content (AvgIpc) is 3.02. The fourth-order valence-corrected chi connectivity index (χ4v) is 6.48. The Labute approximate surface area is 297 Å². The molecule has 0 aromatic rings. The van der Waals surface area contributed by atoms with Crippen LogP contribution in [0.1, 0.15) is 181 Å². The third-order valence-corrected chi connectivity index (χ3v) is 9.99. The number of rotatable bonds is 36. The summed E-state index contributed by atoms with van der Waals surface area (Å²) in [6, 6.07) is -0.837. The van der Waals surface area contributed by atoms with Crippen LogP contribution in [0.4, 0.5) is 0 Å². The minimum atomic E-state index is -4.32. The number of likely N-dealkylation sites (N-methyl/N-ethyl adjacent to an activating group) is 1. The molecule has 0 aliphatic heterocycles. The number of nitrogens with one attached hydrogen (secondary N) is 1. The number of hydrogen-bond acceptors (Lipinski definition) is 5. The van der Waals surface area contributed by atoms with E-state index in [2.05, 4.69) is 19.2 Å². The highest BCUT2D eigenvalue weighted by atomic mass is 31.2. The van der Waals surface area contributed by atoms with E-state index in [0.717, 1.165) is 38.5 Å². The molecule has 0 rings (SSSR count). The summed E-state index contributed by atoms with van der Waals surface area (Å²) in [6.45, 7) is 4.80. The van der Waals surface area contributed by atoms with E-state index < -0.39 is 20.0 Å². The lowest BCUT2D eigenvalue weighted by atomic mass is 10.0. The second-order valence-electron chi connectivity index (χ2n) is 15.0. The third-order valence-electron chi connectivity index (χ3n) is 9.01. The highest BCUT2D eigenvalue weighted by molar-refractivity contribution is 7.47. The molecule has 3 atom stereocenters. The molecule has 0 aromatic heterocycles. The third kappa shape index (κ3) is 33.7. The molecule has 3 N–H and O–H groups in total. The van der Waals surface area contributed by atoms with Gasteiger partial charge in [0, 0.05) is 6.42 Å². The number of aliphatic hydroxyl groups excluding tert-OH is 1. The standard InChI is InChI=1S/C39H79N2O6P/c1-6-8-10-12-14-16-18-20-22-24-26-28-30-32-38(42)37(36-47-48(44,45)46-35-34-41(3,4)5)40-39(43)33-31-29-27-25-23-21-19-17-15-13-11-9-7-2/h30,32,37-38,42H,6-29,31,33-36H2,1-5H3,(H-,40,43,44,45)/p+1/b32-30+/t37-,38+/m1/s1. The van der Waals surface area contributed by atoms with Crippen LogP contribution in [0.25, 0.3) is 0 Å². The number of nitrogens with zero attached hydrogens (tertiary/aromatic N) is 1. The van der Waals surface area contributed by atoms with Crippen molar-refractivity contribution in [3.8, 4) is 0 Å². The number of allylic oxidation sites excluding steroid dienone is 1. The van der Waals surface area contributed by atoms with Gasteiger partial charge in [0.2, 0.25) is 5.91 Å². The van der Waals surface area contributed by atoms with E-state index in [0.29, 0.717) is 17.4 Å². The molecular formula is C39H80N2O6P+. The number of carbonyl (C=O) groups is 1. The number of phosphoric acid groups is 1. The SMILES string of the molecule is CCCCCCCCCCCCC/C=C/[C@H](O)[C@@H](COP(=O)(O)OCC[N+](C)(C)C)NC(=O)CCCCCCCCCCCCCCC. The molecule has 1 unspecified atom stereocenters. The molecule has 0 saturated heterocycles. The van der Waals surface area contributed by atoms with E-state index in [-0.39, 0.29) is 19.1 Å². The molecule has 0 aliphatic carbocycles. The predicted octanol–water partition coefficient (Wildman–Crippen LogP) is 10.4. The van der Waals surface area contributed by atoms with E-state index >= 15 is 0 Å². The molecule has 0 fully saturated rings. The van der Waals surface area contributed by atoms with Crippen LogP contribution in [0, 0.1) is 0 Å². The van der Waals surface area contributed by atoms with Gasteiger partial charge in [-0.15, -0.1) is 0 Å². The molecule has 9 heteroatoms. The Morgan fingerprint density at radius 2 is 1.10 bits per heavy atom. The highest BCUT2D eigenvalue weighted by Gasteiger charge is 2.27. The Morgan fingerprint density at radius 3 is 1.54 bits per heavy atom. The summed E-state index contributed by atoms with van der Waals surface area (Å²) in [4.78, 5) is 23.0. The van der Waals surface area contributed by atoms with E-state index in [1.54, 1.807) is 6.08 Å². The van der Waals surface area contributed by atoms with Crippen molar-refractivity contribution in [1.82, 2.24) is 5.32 Å². The highest BCUT2D eigenvalue weighted by Crippen LogP contribution is 2.43. The molecule has 1 amide bonds. The molecule has 0 aromatic carbocycles. The number of amides is 1. The number of unbranched alkanes of at least 4 members (excludes halogenated alkanes) is 23. The van der Waals surface area contributed by atoms with Crippen LogP contribution in [0.5, 0.6) is 0 Å². The number of carbonyl (C=O) groups excluding carboxylic acids is 1. The molecule has 8 nitrogen and oxygen atoms in total. The van der Waals surface area contributed by atoms with Gasteiger partial charge < -0.3 is 19.8 Å². The maximum Gasteiger partial charge on any atom is 0.472 e. The van der Waals surface area contributed by atoms with E-state index in [9.17, 15) is 19.4 Å². The van der Waals surface area contributed by atoms with Crippen molar-refractivity contribution >= 4 is 13.7 Å². The topological polar surface area (TPSA) is 105 Å². The molecule has 0 spiro atoms. The summed E-state index contributed by atoms with van der Waals surface area (Å²) in [7, 11) is 1.58. The Morgan fingerprint density at radius 1 is 0.688 bits per heavy atom. The van der Waals surface area contributed by atoms with Crippen LogP contribution >= 0.6 is 7.82 Å². The van der Waals surface area contributed by atoms with Gasteiger partial charge in [-0.3, -0.25) is 13.8 Å². The summed E-state index contributed by atoms with van der Waals surface area (Å²) in [6.07, 6.45) is 34.1. The number of hydrogen-bond donors (Lipinski definition) is 3. The van der Waals surface area contributed by atoms with E-state index in [4.69, 9.17) is 9.05 Å². The lowest BCUT2D eigenvalue weighted by Crippen LogP contribution is -2.45. The van der Waals surface area contributed by atoms with Crippen molar-refractivity contribution in [3.05, 3.63) is 12.2 Å². The zero-order chi connectivity index (χ0) is 35.8. The predicted molar refractivity (Wildman–Crippen MR) is 203 cm³/mol.